The molecule has 0 aromatic heterocycles. The minimum absolute atomic E-state index is 0.0125. The van der Waals surface area contributed by atoms with Crippen LogP contribution in [0.3, 0.4) is 0 Å². The van der Waals surface area contributed by atoms with Crippen molar-refractivity contribution >= 4 is 27.3 Å². The van der Waals surface area contributed by atoms with Crippen LogP contribution >= 0.6 is 0 Å². The fraction of sp³-hybridized carbons (Fsp3) is 0.316. The molecule has 0 aliphatic carbocycles. The number of sulfonamides is 1. The molecule has 0 saturated heterocycles. The normalized spacial score (nSPS) is 19.8. The second kappa shape index (κ2) is 5.59. The molecule has 0 radical (unpaired) electrons. The molecule has 2 aliphatic rings. The van der Waals surface area contributed by atoms with Crippen LogP contribution in [0.25, 0.3) is 0 Å². The average Bonchev–Trinajstić information content (AvgIpc) is 2.88. The molecule has 0 bridgehead atoms. The van der Waals surface area contributed by atoms with Gasteiger partial charge in [-0.2, -0.15) is 0 Å². The van der Waals surface area contributed by atoms with Crippen LogP contribution in [0.15, 0.2) is 47.4 Å². The maximum Gasteiger partial charge on any atom is 0.264 e. The van der Waals surface area contributed by atoms with E-state index in [-0.39, 0.29) is 23.1 Å². The van der Waals surface area contributed by atoms with Crippen LogP contribution in [-0.2, 0) is 27.7 Å². The minimum Gasteiger partial charge on any atom is -0.315 e. The predicted octanol–water partition coefficient (Wildman–Crippen LogP) is 2.59. The van der Waals surface area contributed by atoms with Gasteiger partial charge in [0.2, 0.25) is 5.91 Å². The second-order valence-corrected chi connectivity index (χ2v) is 8.76. The summed E-state index contributed by atoms with van der Waals surface area (Å²) in [4.78, 5) is 13.7. The summed E-state index contributed by atoms with van der Waals surface area (Å²) in [6.07, 6.45) is 1.13. The van der Waals surface area contributed by atoms with E-state index in [0.717, 1.165) is 28.9 Å². The van der Waals surface area contributed by atoms with E-state index in [1.165, 1.54) is 4.31 Å². The number of anilines is 2. The quantitative estimate of drug-likeness (QED) is 0.831. The monoisotopic (exact) mass is 356 g/mol. The van der Waals surface area contributed by atoms with Gasteiger partial charge in [-0.1, -0.05) is 25.1 Å². The lowest BCUT2D eigenvalue weighted by atomic mass is 9.96. The van der Waals surface area contributed by atoms with E-state index in [1.54, 1.807) is 30.1 Å². The van der Waals surface area contributed by atoms with Crippen molar-refractivity contribution in [3.05, 3.63) is 53.6 Å². The average molecular weight is 356 g/mol. The Balaban J connectivity index is 1.79. The number of hydrogen-bond donors (Lipinski definition) is 0. The molecule has 6 heteroatoms. The summed E-state index contributed by atoms with van der Waals surface area (Å²) in [6, 6.07) is 12.6. The first-order chi connectivity index (χ1) is 11.9. The van der Waals surface area contributed by atoms with Gasteiger partial charge in [0.1, 0.15) is 0 Å². The lowest BCUT2D eigenvalue weighted by Gasteiger charge is -2.34. The molecule has 1 unspecified atom stereocenters. The van der Waals surface area contributed by atoms with Crippen molar-refractivity contribution in [2.75, 3.05) is 22.8 Å². The molecule has 130 valence electrons. The fourth-order valence-corrected chi connectivity index (χ4v) is 5.38. The topological polar surface area (TPSA) is 57.7 Å². The standard InChI is InChI=1S/C19H20N2O3S/c1-13-9-14-5-3-4-6-18(14)21(12-13)25(23,24)16-7-8-17-15(10-16)11-19(22)20(17)2/h3-8,10,13H,9,11-12H2,1-2H3. The van der Waals surface area contributed by atoms with E-state index in [0.29, 0.717) is 6.54 Å². The highest BCUT2D eigenvalue weighted by molar-refractivity contribution is 7.92. The number of benzene rings is 2. The largest absolute Gasteiger partial charge is 0.315 e. The Kier molecular flexibility index (Phi) is 3.61. The van der Waals surface area contributed by atoms with Gasteiger partial charge in [-0.15, -0.1) is 0 Å². The van der Waals surface area contributed by atoms with Crippen LogP contribution in [0.1, 0.15) is 18.1 Å². The number of carbonyl (C=O) groups excluding carboxylic acids is 1. The molecule has 2 aliphatic heterocycles. The van der Waals surface area contributed by atoms with Gasteiger partial charge in [-0.25, -0.2) is 8.42 Å². The van der Waals surface area contributed by atoms with Gasteiger partial charge >= 0.3 is 0 Å². The fourth-order valence-electron chi connectivity index (χ4n) is 3.71. The van der Waals surface area contributed by atoms with Crippen LogP contribution in [0.5, 0.6) is 0 Å². The van der Waals surface area contributed by atoms with E-state index in [9.17, 15) is 13.2 Å². The number of likely N-dealkylation sites (N-methyl/N-ethyl adjacent to an activating group) is 1. The Bertz CT molecular complexity index is 968. The van der Waals surface area contributed by atoms with E-state index in [2.05, 4.69) is 6.92 Å². The van der Waals surface area contributed by atoms with Crippen LogP contribution in [0.2, 0.25) is 0 Å². The highest BCUT2D eigenvalue weighted by Crippen LogP contribution is 2.36. The maximum atomic E-state index is 13.3. The zero-order chi connectivity index (χ0) is 17.8. The summed E-state index contributed by atoms with van der Waals surface area (Å²) < 4.78 is 28.1. The molecule has 2 aromatic carbocycles. The lowest BCUT2D eigenvalue weighted by molar-refractivity contribution is -0.117. The Labute approximate surface area is 147 Å². The first kappa shape index (κ1) is 16.1. The molecule has 0 fully saturated rings. The van der Waals surface area contributed by atoms with E-state index in [4.69, 9.17) is 0 Å². The van der Waals surface area contributed by atoms with Gasteiger partial charge in [-0.05, 0) is 47.7 Å². The minimum atomic E-state index is -3.66. The molecule has 1 atom stereocenters. The molecular weight excluding hydrogens is 336 g/mol. The molecular formula is C19H20N2O3S. The van der Waals surface area contributed by atoms with Crippen LogP contribution in [0.4, 0.5) is 11.4 Å². The Morgan fingerprint density at radius 3 is 2.60 bits per heavy atom. The summed E-state index contributed by atoms with van der Waals surface area (Å²) in [7, 11) is -1.95. The number of fused-ring (bicyclic) bond motifs is 2. The lowest BCUT2D eigenvalue weighted by Crippen LogP contribution is -2.39. The first-order valence-electron chi connectivity index (χ1n) is 8.38. The van der Waals surface area contributed by atoms with Gasteiger partial charge in [0.15, 0.2) is 0 Å². The summed E-state index contributed by atoms with van der Waals surface area (Å²) >= 11 is 0. The van der Waals surface area contributed by atoms with Crippen LogP contribution in [0, 0.1) is 5.92 Å². The molecule has 0 N–H and O–H groups in total. The first-order valence-corrected chi connectivity index (χ1v) is 9.82. The van der Waals surface area contributed by atoms with Crippen molar-refractivity contribution in [1.29, 1.82) is 0 Å². The van der Waals surface area contributed by atoms with Crippen LogP contribution < -0.4 is 9.21 Å². The highest BCUT2D eigenvalue weighted by atomic mass is 32.2. The summed E-state index contributed by atoms with van der Waals surface area (Å²) in [5.41, 5.74) is 3.37. The predicted molar refractivity (Wildman–Crippen MR) is 97.4 cm³/mol. The molecule has 5 nitrogen and oxygen atoms in total. The number of para-hydroxylation sites is 1. The SMILES string of the molecule is CC1Cc2ccccc2N(S(=O)(=O)c2ccc3c(c2)CC(=O)N3C)C1. The number of hydrogen-bond acceptors (Lipinski definition) is 3. The van der Waals surface area contributed by atoms with E-state index >= 15 is 0 Å². The molecule has 1 amide bonds. The zero-order valence-electron chi connectivity index (χ0n) is 14.3. The summed E-state index contributed by atoms with van der Waals surface area (Å²) in [5.74, 6) is 0.244. The number of rotatable bonds is 2. The van der Waals surface area contributed by atoms with Crippen molar-refractivity contribution in [1.82, 2.24) is 0 Å². The smallest absolute Gasteiger partial charge is 0.264 e. The highest BCUT2D eigenvalue weighted by Gasteiger charge is 2.33. The van der Waals surface area contributed by atoms with Gasteiger partial charge in [-0.3, -0.25) is 9.10 Å². The van der Waals surface area contributed by atoms with Crippen molar-refractivity contribution in [2.24, 2.45) is 5.92 Å². The van der Waals surface area contributed by atoms with Gasteiger partial charge in [0.05, 0.1) is 17.0 Å². The summed E-state index contributed by atoms with van der Waals surface area (Å²) in [6.45, 7) is 2.53. The summed E-state index contributed by atoms with van der Waals surface area (Å²) in [5, 5.41) is 0. The Morgan fingerprint density at radius 2 is 1.80 bits per heavy atom. The molecule has 0 spiro atoms. The zero-order valence-corrected chi connectivity index (χ0v) is 15.1. The van der Waals surface area contributed by atoms with E-state index in [1.807, 2.05) is 24.3 Å². The third-order valence-electron chi connectivity index (χ3n) is 5.02. The Hall–Kier alpha value is -2.34. The number of nitrogens with zero attached hydrogens (tertiary/aromatic N) is 2. The molecule has 0 saturated carbocycles. The van der Waals surface area contributed by atoms with Crippen molar-refractivity contribution < 1.29 is 13.2 Å². The third-order valence-corrected chi connectivity index (χ3v) is 6.80. The van der Waals surface area contributed by atoms with Crippen molar-refractivity contribution in [3.63, 3.8) is 0 Å². The maximum absolute atomic E-state index is 13.3. The molecule has 4 rings (SSSR count). The van der Waals surface area contributed by atoms with Crippen LogP contribution in [-0.4, -0.2) is 27.9 Å². The van der Waals surface area contributed by atoms with Gasteiger partial charge < -0.3 is 4.90 Å². The molecule has 25 heavy (non-hydrogen) atoms. The van der Waals surface area contributed by atoms with Gasteiger partial charge in [0, 0.05) is 19.3 Å². The second-order valence-electron chi connectivity index (χ2n) is 6.89. The Morgan fingerprint density at radius 1 is 1.04 bits per heavy atom. The number of amides is 1. The molecule has 2 heterocycles. The third kappa shape index (κ3) is 2.52. The van der Waals surface area contributed by atoms with Crippen molar-refractivity contribution in [2.45, 2.75) is 24.7 Å². The molecule has 2 aromatic rings. The van der Waals surface area contributed by atoms with E-state index < -0.39 is 10.0 Å². The van der Waals surface area contributed by atoms with Gasteiger partial charge in [0.25, 0.3) is 10.0 Å². The van der Waals surface area contributed by atoms with Crippen molar-refractivity contribution in [3.8, 4) is 0 Å². The number of carbonyl (C=O) groups is 1.